The van der Waals surface area contributed by atoms with Crippen LogP contribution in [0.15, 0.2) is 24.3 Å². The molecule has 106 valence electrons. The summed E-state index contributed by atoms with van der Waals surface area (Å²) in [7, 11) is 0. The zero-order valence-electron chi connectivity index (χ0n) is 12.0. The fourth-order valence-corrected chi connectivity index (χ4v) is 2.68. The minimum atomic E-state index is -0.683. The zero-order valence-corrected chi connectivity index (χ0v) is 12.0. The molecule has 1 aliphatic rings. The Labute approximate surface area is 116 Å². The van der Waals surface area contributed by atoms with Crippen LogP contribution >= 0.6 is 0 Å². The third kappa shape index (κ3) is 4.03. The van der Waals surface area contributed by atoms with E-state index in [9.17, 15) is 5.11 Å². The van der Waals surface area contributed by atoms with Gasteiger partial charge in [-0.3, -0.25) is 0 Å². The normalized spacial score (nSPS) is 21.7. The fraction of sp³-hybridized carbons (Fsp3) is 0.625. The lowest BCUT2D eigenvalue weighted by atomic mass is 9.88. The Morgan fingerprint density at radius 2 is 2.21 bits per heavy atom. The summed E-state index contributed by atoms with van der Waals surface area (Å²) in [5.74, 6) is 0. The maximum atomic E-state index is 10.5. The lowest BCUT2D eigenvalue weighted by Crippen LogP contribution is -2.33. The Hall–Kier alpha value is -0.900. The minimum Gasteiger partial charge on any atom is -0.390 e. The van der Waals surface area contributed by atoms with Crippen LogP contribution in [-0.4, -0.2) is 30.4 Å². The highest BCUT2D eigenvalue weighted by Crippen LogP contribution is 2.34. The molecule has 3 heteroatoms. The summed E-state index contributed by atoms with van der Waals surface area (Å²) < 4.78 is 5.87. The molecular formula is C16H25NO2. The largest absolute Gasteiger partial charge is 0.390 e. The number of benzene rings is 1. The molecular weight excluding hydrogens is 238 g/mol. The molecule has 0 bridgehead atoms. The Kier molecular flexibility index (Phi) is 4.97. The first-order valence-corrected chi connectivity index (χ1v) is 7.25. The number of fused-ring (bicyclic) bond motifs is 1. The highest BCUT2D eigenvalue weighted by atomic mass is 16.5. The molecule has 0 saturated carbocycles. The number of ether oxygens (including phenoxy) is 1. The summed E-state index contributed by atoms with van der Waals surface area (Å²) >= 11 is 0. The van der Waals surface area contributed by atoms with Gasteiger partial charge in [0.1, 0.15) is 0 Å². The van der Waals surface area contributed by atoms with E-state index in [4.69, 9.17) is 4.74 Å². The van der Waals surface area contributed by atoms with Gasteiger partial charge in [0.15, 0.2) is 0 Å². The number of aliphatic hydroxyl groups is 1. The lowest BCUT2D eigenvalue weighted by molar-refractivity contribution is -0.0401. The predicted molar refractivity (Wildman–Crippen MR) is 77.2 cm³/mol. The molecule has 0 amide bonds. The maximum absolute atomic E-state index is 10.5. The molecule has 3 nitrogen and oxygen atoms in total. The summed E-state index contributed by atoms with van der Waals surface area (Å²) in [6.45, 7) is 6.53. The molecule has 0 aliphatic carbocycles. The molecule has 1 aromatic carbocycles. The van der Waals surface area contributed by atoms with Crippen LogP contribution in [0, 0.1) is 0 Å². The number of rotatable bonds is 6. The van der Waals surface area contributed by atoms with E-state index in [1.54, 1.807) is 0 Å². The van der Waals surface area contributed by atoms with Crippen LogP contribution in [0.25, 0.3) is 0 Å². The average Bonchev–Trinajstić information content (AvgIpc) is 2.39. The standard InChI is InChI=1S/C16H25NO2/c1-3-17-10-9-16(2,18)12-15-14-7-5-4-6-13(14)8-11-19-15/h4-7,15,17-18H,3,8-12H2,1-2H3. The first-order valence-electron chi connectivity index (χ1n) is 7.25. The summed E-state index contributed by atoms with van der Waals surface area (Å²) in [5, 5.41) is 13.8. The van der Waals surface area contributed by atoms with Gasteiger partial charge in [-0.2, -0.15) is 0 Å². The van der Waals surface area contributed by atoms with E-state index in [0.29, 0.717) is 6.42 Å². The molecule has 0 radical (unpaired) electrons. The van der Waals surface area contributed by atoms with Gasteiger partial charge in [0.25, 0.3) is 0 Å². The van der Waals surface area contributed by atoms with Crippen molar-refractivity contribution in [1.82, 2.24) is 5.32 Å². The molecule has 0 spiro atoms. The van der Waals surface area contributed by atoms with Gasteiger partial charge in [-0.15, -0.1) is 0 Å². The Bertz CT molecular complexity index is 403. The molecule has 2 atom stereocenters. The number of hydrogen-bond donors (Lipinski definition) is 2. The third-order valence-corrected chi connectivity index (χ3v) is 3.81. The van der Waals surface area contributed by atoms with Crippen molar-refractivity contribution in [2.75, 3.05) is 19.7 Å². The first kappa shape index (κ1) is 14.5. The van der Waals surface area contributed by atoms with Gasteiger partial charge in [0.2, 0.25) is 0 Å². The molecule has 19 heavy (non-hydrogen) atoms. The van der Waals surface area contributed by atoms with Crippen molar-refractivity contribution in [3.8, 4) is 0 Å². The van der Waals surface area contributed by atoms with Crippen molar-refractivity contribution in [2.24, 2.45) is 0 Å². The van der Waals surface area contributed by atoms with Crippen LogP contribution in [0.4, 0.5) is 0 Å². The van der Waals surface area contributed by atoms with Crippen LogP contribution in [0.2, 0.25) is 0 Å². The highest BCUT2D eigenvalue weighted by molar-refractivity contribution is 5.31. The van der Waals surface area contributed by atoms with Gasteiger partial charge < -0.3 is 15.2 Å². The number of nitrogens with one attached hydrogen (secondary N) is 1. The second-order valence-corrected chi connectivity index (χ2v) is 5.61. The third-order valence-electron chi connectivity index (χ3n) is 3.81. The summed E-state index contributed by atoms with van der Waals surface area (Å²) in [4.78, 5) is 0. The van der Waals surface area contributed by atoms with Crippen molar-refractivity contribution in [3.63, 3.8) is 0 Å². The average molecular weight is 263 g/mol. The van der Waals surface area contributed by atoms with Gasteiger partial charge in [-0.1, -0.05) is 31.2 Å². The zero-order chi connectivity index (χ0) is 13.7. The van der Waals surface area contributed by atoms with E-state index in [1.807, 2.05) is 13.0 Å². The van der Waals surface area contributed by atoms with Gasteiger partial charge in [0.05, 0.1) is 18.3 Å². The Morgan fingerprint density at radius 3 is 3.00 bits per heavy atom. The van der Waals surface area contributed by atoms with Crippen LogP contribution < -0.4 is 5.32 Å². The molecule has 0 saturated heterocycles. The Balaban J connectivity index is 1.99. The van der Waals surface area contributed by atoms with E-state index in [2.05, 4.69) is 30.4 Å². The SMILES string of the molecule is CCNCCC(C)(O)CC1OCCc2ccccc21. The van der Waals surface area contributed by atoms with Crippen LogP contribution in [0.5, 0.6) is 0 Å². The Morgan fingerprint density at radius 1 is 1.42 bits per heavy atom. The summed E-state index contributed by atoms with van der Waals surface area (Å²) in [5.41, 5.74) is 1.93. The number of hydrogen-bond acceptors (Lipinski definition) is 3. The first-order chi connectivity index (χ1) is 9.12. The quantitative estimate of drug-likeness (QED) is 0.775. The second kappa shape index (κ2) is 6.51. The van der Waals surface area contributed by atoms with E-state index in [0.717, 1.165) is 32.5 Å². The maximum Gasteiger partial charge on any atom is 0.0855 e. The summed E-state index contributed by atoms with van der Waals surface area (Å²) in [6, 6.07) is 8.41. The topological polar surface area (TPSA) is 41.5 Å². The van der Waals surface area contributed by atoms with Gasteiger partial charge >= 0.3 is 0 Å². The molecule has 1 aliphatic heterocycles. The van der Waals surface area contributed by atoms with E-state index in [1.165, 1.54) is 11.1 Å². The van der Waals surface area contributed by atoms with Crippen molar-refractivity contribution < 1.29 is 9.84 Å². The second-order valence-electron chi connectivity index (χ2n) is 5.61. The van der Waals surface area contributed by atoms with E-state index in [-0.39, 0.29) is 6.10 Å². The van der Waals surface area contributed by atoms with Crippen molar-refractivity contribution in [2.45, 2.75) is 44.8 Å². The fourth-order valence-electron chi connectivity index (χ4n) is 2.68. The van der Waals surface area contributed by atoms with E-state index >= 15 is 0 Å². The lowest BCUT2D eigenvalue weighted by Gasteiger charge is -2.32. The van der Waals surface area contributed by atoms with Crippen molar-refractivity contribution in [3.05, 3.63) is 35.4 Å². The smallest absolute Gasteiger partial charge is 0.0855 e. The molecule has 2 unspecified atom stereocenters. The molecule has 1 aromatic rings. The van der Waals surface area contributed by atoms with Crippen molar-refractivity contribution in [1.29, 1.82) is 0 Å². The van der Waals surface area contributed by atoms with Crippen LogP contribution in [0.1, 0.15) is 43.9 Å². The monoisotopic (exact) mass is 263 g/mol. The van der Waals surface area contributed by atoms with E-state index < -0.39 is 5.60 Å². The summed E-state index contributed by atoms with van der Waals surface area (Å²) in [6.07, 6.45) is 2.42. The van der Waals surface area contributed by atoms with Gasteiger partial charge in [0, 0.05) is 6.42 Å². The molecule has 0 aromatic heterocycles. The molecule has 0 fully saturated rings. The minimum absolute atomic E-state index is 0.0292. The molecule has 2 rings (SSSR count). The van der Waals surface area contributed by atoms with Crippen LogP contribution in [-0.2, 0) is 11.2 Å². The molecule has 2 N–H and O–H groups in total. The van der Waals surface area contributed by atoms with Gasteiger partial charge in [-0.05, 0) is 44.0 Å². The highest BCUT2D eigenvalue weighted by Gasteiger charge is 2.29. The van der Waals surface area contributed by atoms with Gasteiger partial charge in [-0.25, -0.2) is 0 Å². The molecule has 1 heterocycles. The van der Waals surface area contributed by atoms with Crippen LogP contribution in [0.3, 0.4) is 0 Å². The predicted octanol–water partition coefficient (Wildman–Crippen LogP) is 2.44. The van der Waals surface area contributed by atoms with Crippen molar-refractivity contribution >= 4 is 0 Å².